The first-order valence-corrected chi connectivity index (χ1v) is 4.97. The summed E-state index contributed by atoms with van der Waals surface area (Å²) in [6.45, 7) is 0.343. The third-order valence-corrected chi connectivity index (χ3v) is 2.79. The van der Waals surface area contributed by atoms with Crippen molar-refractivity contribution in [2.45, 2.75) is 19.0 Å². The molecule has 16 heavy (non-hydrogen) atoms. The molecule has 0 radical (unpaired) electrons. The molecule has 86 valence electrons. The van der Waals surface area contributed by atoms with Gasteiger partial charge < -0.3 is 14.9 Å². The molecular formula is C11H13NO4. The zero-order valence-corrected chi connectivity index (χ0v) is 8.86. The fraction of sp³-hybridized carbons (Fsp3) is 0.364. The Morgan fingerprint density at radius 1 is 1.50 bits per heavy atom. The number of nitrogens with one attached hydrogen (secondary N) is 1. The maximum Gasteiger partial charge on any atom is 0.323 e. The number of fused-ring (bicyclic) bond motifs is 1. The molecule has 0 unspecified atom stereocenters. The van der Waals surface area contributed by atoms with Crippen molar-refractivity contribution in [2.24, 2.45) is 0 Å². The van der Waals surface area contributed by atoms with Gasteiger partial charge in [0.25, 0.3) is 0 Å². The van der Waals surface area contributed by atoms with E-state index in [0.717, 1.165) is 5.56 Å². The summed E-state index contributed by atoms with van der Waals surface area (Å²) in [6.07, 6.45) is 0.454. The van der Waals surface area contributed by atoms with Crippen LogP contribution >= 0.6 is 0 Å². The van der Waals surface area contributed by atoms with Crippen LogP contribution in [-0.4, -0.2) is 29.3 Å². The minimum atomic E-state index is -0.388. The maximum atomic E-state index is 11.3. The molecule has 1 aliphatic rings. The van der Waals surface area contributed by atoms with E-state index < -0.39 is 0 Å². The lowest BCUT2D eigenvalue weighted by atomic mass is 9.95. The van der Waals surface area contributed by atoms with Gasteiger partial charge in [0.2, 0.25) is 0 Å². The molecule has 1 aliphatic heterocycles. The monoisotopic (exact) mass is 223 g/mol. The fourth-order valence-corrected chi connectivity index (χ4v) is 1.88. The number of carbonyl (C=O) groups excluding carboxylic acids is 1. The van der Waals surface area contributed by atoms with Crippen molar-refractivity contribution >= 4 is 5.97 Å². The van der Waals surface area contributed by atoms with Gasteiger partial charge in [0, 0.05) is 12.1 Å². The van der Waals surface area contributed by atoms with Crippen LogP contribution in [0, 0.1) is 0 Å². The highest BCUT2D eigenvalue weighted by Crippen LogP contribution is 2.33. The lowest BCUT2D eigenvalue weighted by molar-refractivity contribution is -0.143. The number of rotatable bonds is 1. The van der Waals surface area contributed by atoms with Gasteiger partial charge in [-0.3, -0.25) is 10.1 Å². The number of esters is 1. The molecular weight excluding hydrogens is 210 g/mol. The summed E-state index contributed by atoms with van der Waals surface area (Å²) in [4.78, 5) is 11.3. The molecule has 0 spiro atoms. The highest BCUT2D eigenvalue weighted by atomic mass is 16.5. The number of aromatic hydroxyl groups is 2. The second kappa shape index (κ2) is 4.02. The van der Waals surface area contributed by atoms with Crippen molar-refractivity contribution in [3.05, 3.63) is 23.3 Å². The first-order valence-electron chi connectivity index (χ1n) is 4.97. The molecule has 0 bridgehead atoms. The summed E-state index contributed by atoms with van der Waals surface area (Å²) < 4.78 is 4.65. The number of phenolic OH excluding ortho intramolecular Hbond substituents is 2. The molecule has 1 atom stereocenters. The van der Waals surface area contributed by atoms with Crippen LogP contribution in [0.5, 0.6) is 11.5 Å². The molecule has 0 saturated carbocycles. The number of hydrogen-bond acceptors (Lipinski definition) is 5. The van der Waals surface area contributed by atoms with Crippen LogP contribution in [0.4, 0.5) is 0 Å². The molecule has 0 saturated heterocycles. The molecule has 1 aromatic rings. The highest BCUT2D eigenvalue weighted by molar-refractivity contribution is 5.76. The number of ether oxygens (including phenoxy) is 1. The predicted molar refractivity (Wildman–Crippen MR) is 56.1 cm³/mol. The van der Waals surface area contributed by atoms with Crippen LogP contribution in [-0.2, 0) is 22.5 Å². The normalized spacial score (nSPS) is 18.9. The smallest absolute Gasteiger partial charge is 0.323 e. The Morgan fingerprint density at radius 3 is 2.94 bits per heavy atom. The van der Waals surface area contributed by atoms with Gasteiger partial charge in [-0.25, -0.2) is 0 Å². The van der Waals surface area contributed by atoms with Crippen LogP contribution in [0.1, 0.15) is 11.1 Å². The molecule has 1 heterocycles. The summed E-state index contributed by atoms with van der Waals surface area (Å²) >= 11 is 0. The lowest BCUT2D eigenvalue weighted by Gasteiger charge is -2.24. The van der Waals surface area contributed by atoms with Crippen molar-refractivity contribution in [3.8, 4) is 11.5 Å². The number of phenols is 2. The minimum absolute atomic E-state index is 0.117. The second-order valence-electron chi connectivity index (χ2n) is 3.73. The Balaban J connectivity index is 2.29. The van der Waals surface area contributed by atoms with Gasteiger partial charge >= 0.3 is 5.97 Å². The van der Waals surface area contributed by atoms with Crippen LogP contribution in [0.2, 0.25) is 0 Å². The third-order valence-electron chi connectivity index (χ3n) is 2.79. The number of methoxy groups -OCH3 is 1. The molecule has 3 N–H and O–H groups in total. The van der Waals surface area contributed by atoms with Crippen LogP contribution < -0.4 is 5.32 Å². The van der Waals surface area contributed by atoms with Crippen LogP contribution in [0.3, 0.4) is 0 Å². The summed E-state index contributed by atoms with van der Waals surface area (Å²) in [5.41, 5.74) is 1.49. The van der Waals surface area contributed by atoms with Crippen LogP contribution in [0.15, 0.2) is 12.1 Å². The number of benzene rings is 1. The zero-order valence-electron chi connectivity index (χ0n) is 8.86. The van der Waals surface area contributed by atoms with E-state index in [-0.39, 0.29) is 23.5 Å². The standard InChI is InChI=1S/C11H13NO4/c1-16-11(15)8-4-6-2-3-9(13)10(14)7(6)5-12-8/h2-3,8,12-14H,4-5H2,1H3/t8-/m0/s1. The Hall–Kier alpha value is -1.75. The summed E-state index contributed by atoms with van der Waals surface area (Å²) in [6, 6.07) is 2.75. The van der Waals surface area contributed by atoms with Gasteiger partial charge in [-0.15, -0.1) is 0 Å². The van der Waals surface area contributed by atoms with Crippen molar-refractivity contribution in [2.75, 3.05) is 7.11 Å². The average molecular weight is 223 g/mol. The van der Waals surface area contributed by atoms with E-state index in [4.69, 9.17) is 0 Å². The SMILES string of the molecule is COC(=O)[C@@H]1Cc2ccc(O)c(O)c2CN1. The Labute approximate surface area is 92.7 Å². The second-order valence-corrected chi connectivity index (χ2v) is 3.73. The quantitative estimate of drug-likeness (QED) is 0.471. The van der Waals surface area contributed by atoms with Gasteiger partial charge in [0.05, 0.1) is 7.11 Å². The van der Waals surface area contributed by atoms with Crippen molar-refractivity contribution in [3.63, 3.8) is 0 Å². The molecule has 1 aromatic carbocycles. The fourth-order valence-electron chi connectivity index (χ4n) is 1.88. The van der Waals surface area contributed by atoms with E-state index in [0.29, 0.717) is 18.5 Å². The third kappa shape index (κ3) is 1.69. The minimum Gasteiger partial charge on any atom is -0.504 e. The predicted octanol–water partition coefficient (Wildman–Crippen LogP) is 0.285. The van der Waals surface area contributed by atoms with Gasteiger partial charge in [-0.2, -0.15) is 0 Å². The Bertz CT molecular complexity index is 430. The molecule has 0 amide bonds. The van der Waals surface area contributed by atoms with Crippen molar-refractivity contribution in [1.29, 1.82) is 0 Å². The highest BCUT2D eigenvalue weighted by Gasteiger charge is 2.26. The van der Waals surface area contributed by atoms with Gasteiger partial charge in [0.1, 0.15) is 6.04 Å². The van der Waals surface area contributed by atoms with E-state index >= 15 is 0 Å². The average Bonchev–Trinajstić information content (AvgIpc) is 2.32. The summed E-state index contributed by atoms with van der Waals surface area (Å²) in [7, 11) is 1.34. The summed E-state index contributed by atoms with van der Waals surface area (Å²) in [5.74, 6) is -0.580. The Kier molecular flexibility index (Phi) is 2.70. The maximum absolute atomic E-state index is 11.3. The van der Waals surface area contributed by atoms with Gasteiger partial charge in [-0.1, -0.05) is 6.07 Å². The van der Waals surface area contributed by atoms with E-state index in [9.17, 15) is 15.0 Å². The number of carbonyl (C=O) groups is 1. The summed E-state index contributed by atoms with van der Waals surface area (Å²) in [5, 5.41) is 21.9. The first-order chi connectivity index (χ1) is 7.63. The first kappa shape index (κ1) is 10.8. The molecule has 0 fully saturated rings. The van der Waals surface area contributed by atoms with E-state index in [1.807, 2.05) is 0 Å². The van der Waals surface area contributed by atoms with E-state index in [1.165, 1.54) is 13.2 Å². The molecule has 0 aromatic heterocycles. The topological polar surface area (TPSA) is 78.8 Å². The number of hydrogen-bond donors (Lipinski definition) is 3. The van der Waals surface area contributed by atoms with Gasteiger partial charge in [0.15, 0.2) is 11.5 Å². The molecule has 5 nitrogen and oxygen atoms in total. The van der Waals surface area contributed by atoms with Gasteiger partial charge in [-0.05, 0) is 18.1 Å². The largest absolute Gasteiger partial charge is 0.504 e. The van der Waals surface area contributed by atoms with Crippen molar-refractivity contribution < 1.29 is 19.7 Å². The van der Waals surface area contributed by atoms with Crippen LogP contribution in [0.25, 0.3) is 0 Å². The molecule has 0 aliphatic carbocycles. The van der Waals surface area contributed by atoms with E-state index in [2.05, 4.69) is 10.1 Å². The van der Waals surface area contributed by atoms with E-state index in [1.54, 1.807) is 6.07 Å². The Morgan fingerprint density at radius 2 is 2.25 bits per heavy atom. The molecule has 2 rings (SSSR count). The van der Waals surface area contributed by atoms with Crippen molar-refractivity contribution in [1.82, 2.24) is 5.32 Å². The zero-order chi connectivity index (χ0) is 11.7. The lowest BCUT2D eigenvalue weighted by Crippen LogP contribution is -2.42. The molecule has 5 heteroatoms.